The third-order valence-corrected chi connectivity index (χ3v) is 4.61. The Morgan fingerprint density at radius 3 is 2.88 bits per heavy atom. The zero-order chi connectivity index (χ0) is 16.7. The molecule has 0 aliphatic carbocycles. The number of hydrogen-bond donors (Lipinski definition) is 1. The number of aromatic nitrogens is 1. The summed E-state index contributed by atoms with van der Waals surface area (Å²) in [5.41, 5.74) is 12.3. The molecule has 0 bridgehead atoms. The molecular formula is C19H21BN3O+. The van der Waals surface area contributed by atoms with Crippen molar-refractivity contribution in [3.8, 4) is 0 Å². The van der Waals surface area contributed by atoms with E-state index < -0.39 is 0 Å². The molecule has 0 saturated carbocycles. The van der Waals surface area contributed by atoms with Gasteiger partial charge in [0.15, 0.2) is 11.4 Å². The Bertz CT molecular complexity index is 924. The first-order valence-electron chi connectivity index (χ1n) is 8.34. The summed E-state index contributed by atoms with van der Waals surface area (Å²) in [5.74, 6) is 1.81. The molecule has 0 aromatic carbocycles. The van der Waals surface area contributed by atoms with Crippen molar-refractivity contribution in [3.05, 3.63) is 71.1 Å². The summed E-state index contributed by atoms with van der Waals surface area (Å²) in [5, 5.41) is 0. The van der Waals surface area contributed by atoms with E-state index in [9.17, 15) is 0 Å². The van der Waals surface area contributed by atoms with Crippen molar-refractivity contribution in [2.45, 2.75) is 20.3 Å². The fraction of sp³-hybridized carbons (Fsp3) is 0.211. The maximum absolute atomic E-state index is 5.87. The Labute approximate surface area is 142 Å². The molecule has 0 amide bonds. The molecule has 2 aromatic heterocycles. The summed E-state index contributed by atoms with van der Waals surface area (Å²) in [4.78, 5) is 0. The Morgan fingerprint density at radius 1 is 1.25 bits per heavy atom. The zero-order valence-electron chi connectivity index (χ0n) is 14.1. The number of aryl methyl sites for hydroxylation is 1. The molecule has 4 nitrogen and oxygen atoms in total. The van der Waals surface area contributed by atoms with Crippen LogP contribution in [0.1, 0.15) is 30.6 Å². The van der Waals surface area contributed by atoms with E-state index >= 15 is 0 Å². The number of nitrogens with two attached hydrogens (primary N) is 1. The summed E-state index contributed by atoms with van der Waals surface area (Å²) >= 11 is 0. The fourth-order valence-electron chi connectivity index (χ4n) is 3.59. The molecule has 2 aliphatic heterocycles. The zero-order valence-corrected chi connectivity index (χ0v) is 14.1. The minimum absolute atomic E-state index is 0.655. The molecule has 4 heterocycles. The van der Waals surface area contributed by atoms with Gasteiger partial charge in [-0.3, -0.25) is 4.49 Å². The largest absolute Gasteiger partial charge is 0.604 e. The van der Waals surface area contributed by atoms with Gasteiger partial charge in [-0.15, -0.1) is 0 Å². The van der Waals surface area contributed by atoms with E-state index in [0.717, 1.165) is 25.5 Å². The van der Waals surface area contributed by atoms with Crippen LogP contribution in [-0.2, 0) is 0 Å². The number of rotatable bonds is 4. The van der Waals surface area contributed by atoms with Gasteiger partial charge in [0.1, 0.15) is 11.5 Å². The second-order valence-electron chi connectivity index (χ2n) is 6.33. The van der Waals surface area contributed by atoms with Gasteiger partial charge in [-0.25, -0.2) is 0 Å². The molecule has 120 valence electrons. The van der Waals surface area contributed by atoms with Gasteiger partial charge < -0.3 is 14.6 Å². The Balaban J connectivity index is 1.79. The first kappa shape index (κ1) is 15.0. The monoisotopic (exact) mass is 318 g/mol. The summed E-state index contributed by atoms with van der Waals surface area (Å²) in [6, 6.07) is 8.27. The second kappa shape index (κ2) is 5.84. The number of allylic oxidation sites excluding steroid dienone is 3. The Morgan fingerprint density at radius 2 is 2.12 bits per heavy atom. The molecule has 2 N–H and O–H groups in total. The molecular weight excluding hydrogens is 297 g/mol. The van der Waals surface area contributed by atoms with Crippen LogP contribution in [0, 0.1) is 6.92 Å². The lowest BCUT2D eigenvalue weighted by atomic mass is 9.93. The normalized spacial score (nSPS) is 16.5. The lowest BCUT2D eigenvalue weighted by Crippen LogP contribution is -2.31. The number of nitrogens with zero attached hydrogens (tertiary/aromatic N) is 2. The van der Waals surface area contributed by atoms with E-state index in [1.165, 1.54) is 28.2 Å². The molecule has 5 heteroatoms. The van der Waals surface area contributed by atoms with Gasteiger partial charge in [0, 0.05) is 29.0 Å². The highest BCUT2D eigenvalue weighted by molar-refractivity contribution is 6.29. The van der Waals surface area contributed by atoms with Gasteiger partial charge in [-0.2, -0.15) is 0 Å². The van der Waals surface area contributed by atoms with Crippen molar-refractivity contribution in [2.75, 3.05) is 6.54 Å². The molecule has 0 unspecified atom stereocenters. The van der Waals surface area contributed by atoms with E-state index in [-0.39, 0.29) is 0 Å². The first-order chi connectivity index (χ1) is 11.7. The summed E-state index contributed by atoms with van der Waals surface area (Å²) in [6.45, 7) is 4.79. The van der Waals surface area contributed by atoms with Gasteiger partial charge in [-0.1, -0.05) is 0 Å². The van der Waals surface area contributed by atoms with Crippen molar-refractivity contribution >= 4 is 24.9 Å². The van der Waals surface area contributed by atoms with Crippen molar-refractivity contribution in [2.24, 2.45) is 5.73 Å². The Kier molecular flexibility index (Phi) is 3.66. The molecule has 0 atom stereocenters. The first-order valence-corrected chi connectivity index (χ1v) is 8.34. The van der Waals surface area contributed by atoms with Crippen molar-refractivity contribution in [3.63, 3.8) is 0 Å². The van der Waals surface area contributed by atoms with Crippen LogP contribution < -0.4 is 5.73 Å². The fourth-order valence-corrected chi connectivity index (χ4v) is 3.59. The van der Waals surface area contributed by atoms with E-state index in [0.29, 0.717) is 6.54 Å². The van der Waals surface area contributed by atoms with Crippen LogP contribution >= 0.6 is 0 Å². The number of fused-ring (bicyclic) bond motifs is 2. The highest BCUT2D eigenvalue weighted by Crippen LogP contribution is 2.33. The van der Waals surface area contributed by atoms with Crippen LogP contribution in [0.4, 0.5) is 0 Å². The average molecular weight is 318 g/mol. The molecule has 0 radical (unpaired) electrons. The number of hydrogen-bond acceptors (Lipinski definition) is 2. The average Bonchev–Trinajstić information content (AvgIpc) is 3.25. The smallest absolute Gasteiger partial charge is 0.462 e. The molecule has 0 spiro atoms. The Hall–Kier alpha value is -2.53. The van der Waals surface area contributed by atoms with Crippen molar-refractivity contribution < 1.29 is 8.90 Å². The second-order valence-corrected chi connectivity index (χ2v) is 6.33. The minimum atomic E-state index is 0.655. The van der Waals surface area contributed by atoms with Crippen molar-refractivity contribution in [1.29, 1.82) is 0 Å². The quantitative estimate of drug-likeness (QED) is 0.881. The lowest BCUT2D eigenvalue weighted by Gasteiger charge is -2.18. The minimum Gasteiger partial charge on any atom is -0.462 e. The van der Waals surface area contributed by atoms with E-state index in [2.05, 4.69) is 46.4 Å². The molecule has 24 heavy (non-hydrogen) atoms. The summed E-state index contributed by atoms with van der Waals surface area (Å²) < 4.78 is 10.3. The van der Waals surface area contributed by atoms with Crippen LogP contribution in [0.5, 0.6) is 0 Å². The molecule has 2 aromatic rings. The number of furan rings is 1. The third-order valence-electron chi connectivity index (χ3n) is 4.61. The molecule has 0 fully saturated rings. The van der Waals surface area contributed by atoms with E-state index in [1.54, 1.807) is 0 Å². The maximum Gasteiger partial charge on any atom is 0.604 e. The van der Waals surface area contributed by atoms with Gasteiger partial charge in [0.2, 0.25) is 0 Å². The van der Waals surface area contributed by atoms with Gasteiger partial charge in [0.05, 0.1) is 0 Å². The predicted octanol–water partition coefficient (Wildman–Crippen LogP) is 2.70. The highest BCUT2D eigenvalue weighted by atomic mass is 16.3. The molecule has 4 rings (SSSR count). The van der Waals surface area contributed by atoms with Gasteiger partial charge in [0.25, 0.3) is 0 Å². The SMILES string of the molecule is CC1=CC(/C=C/c2ccc(C)o2)=[N+]2Bn3cccc3C(CCN)=C12. The standard InChI is InChI=1S/C19H21BN3O/c1-13-12-15(6-8-16-7-5-14(2)24-16)23-19(13)17(9-10-21)18-4-3-11-22(18)20-23/h3-8,11-12,20H,9-10,21H2,1-2H3/q+1/b8-6+. The van der Waals surface area contributed by atoms with Crippen LogP contribution in [0.2, 0.25) is 0 Å². The summed E-state index contributed by atoms with van der Waals surface area (Å²) in [6.07, 6.45) is 9.42. The summed E-state index contributed by atoms with van der Waals surface area (Å²) in [7, 11) is 0.830. The van der Waals surface area contributed by atoms with Crippen molar-refractivity contribution in [1.82, 2.24) is 4.48 Å². The van der Waals surface area contributed by atoms with Crippen LogP contribution in [0.25, 0.3) is 11.6 Å². The van der Waals surface area contributed by atoms with Gasteiger partial charge >= 0.3 is 7.55 Å². The van der Waals surface area contributed by atoms with E-state index in [4.69, 9.17) is 10.2 Å². The predicted molar refractivity (Wildman–Crippen MR) is 99.1 cm³/mol. The molecule has 0 saturated heterocycles. The topological polar surface area (TPSA) is 47.1 Å². The maximum atomic E-state index is 5.87. The van der Waals surface area contributed by atoms with Crippen LogP contribution in [0.15, 0.2) is 58.3 Å². The van der Waals surface area contributed by atoms with Crippen LogP contribution in [-0.4, -0.2) is 28.8 Å². The third kappa shape index (κ3) is 2.41. The van der Waals surface area contributed by atoms with Gasteiger partial charge in [-0.05, 0) is 63.4 Å². The molecule has 2 aliphatic rings. The van der Waals surface area contributed by atoms with Crippen LogP contribution in [0.3, 0.4) is 0 Å². The lowest BCUT2D eigenvalue weighted by molar-refractivity contribution is -0.314. The highest BCUT2D eigenvalue weighted by Gasteiger charge is 2.36. The van der Waals surface area contributed by atoms with E-state index in [1.807, 2.05) is 25.1 Å².